The SMILES string of the molecule is CC1(C)CN(C(=O)c2ccc(C(C)(C)C)cc2)CCN1. The molecule has 1 aliphatic rings. The standard InChI is InChI=1S/C17H26N2O/c1-16(2,3)14-8-6-13(7-9-14)15(20)19-11-10-18-17(4,5)12-19/h6-9,18H,10-12H2,1-5H3. The third-order valence-electron chi connectivity index (χ3n) is 3.86. The smallest absolute Gasteiger partial charge is 0.253 e. The summed E-state index contributed by atoms with van der Waals surface area (Å²) >= 11 is 0. The first kappa shape index (κ1) is 15.0. The third kappa shape index (κ3) is 3.40. The molecule has 20 heavy (non-hydrogen) atoms. The van der Waals surface area contributed by atoms with Crippen molar-refractivity contribution in [3.63, 3.8) is 0 Å². The van der Waals surface area contributed by atoms with Crippen molar-refractivity contribution in [1.82, 2.24) is 10.2 Å². The van der Waals surface area contributed by atoms with Gasteiger partial charge < -0.3 is 10.2 Å². The number of nitrogens with zero attached hydrogens (tertiary/aromatic N) is 1. The Morgan fingerprint density at radius 3 is 2.30 bits per heavy atom. The number of amides is 1. The van der Waals surface area contributed by atoms with E-state index in [1.54, 1.807) is 0 Å². The number of benzene rings is 1. The van der Waals surface area contributed by atoms with E-state index in [2.05, 4.69) is 52.1 Å². The molecule has 3 heteroatoms. The summed E-state index contributed by atoms with van der Waals surface area (Å²) in [6, 6.07) is 8.05. The molecular formula is C17H26N2O. The molecule has 1 fully saturated rings. The topological polar surface area (TPSA) is 32.3 Å². The van der Waals surface area contributed by atoms with E-state index in [1.165, 1.54) is 5.56 Å². The summed E-state index contributed by atoms with van der Waals surface area (Å²) < 4.78 is 0. The Labute approximate surface area is 122 Å². The largest absolute Gasteiger partial charge is 0.336 e. The highest BCUT2D eigenvalue weighted by atomic mass is 16.2. The summed E-state index contributed by atoms with van der Waals surface area (Å²) in [5.41, 5.74) is 2.17. The van der Waals surface area contributed by atoms with Crippen molar-refractivity contribution < 1.29 is 4.79 Å². The van der Waals surface area contributed by atoms with Crippen LogP contribution in [-0.4, -0.2) is 36.0 Å². The van der Waals surface area contributed by atoms with Gasteiger partial charge >= 0.3 is 0 Å². The number of carbonyl (C=O) groups excluding carboxylic acids is 1. The van der Waals surface area contributed by atoms with Gasteiger partial charge in [0, 0.05) is 30.7 Å². The number of nitrogens with one attached hydrogen (secondary N) is 1. The highest BCUT2D eigenvalue weighted by Crippen LogP contribution is 2.23. The predicted octanol–water partition coefficient (Wildman–Crippen LogP) is 2.81. The van der Waals surface area contributed by atoms with Gasteiger partial charge in [-0.25, -0.2) is 0 Å². The Morgan fingerprint density at radius 1 is 1.20 bits per heavy atom. The molecule has 0 saturated carbocycles. The van der Waals surface area contributed by atoms with Gasteiger partial charge in [-0.2, -0.15) is 0 Å². The van der Waals surface area contributed by atoms with Crippen molar-refractivity contribution >= 4 is 5.91 Å². The summed E-state index contributed by atoms with van der Waals surface area (Å²) in [6.07, 6.45) is 0. The highest BCUT2D eigenvalue weighted by Gasteiger charge is 2.29. The van der Waals surface area contributed by atoms with E-state index in [0.717, 1.165) is 25.2 Å². The van der Waals surface area contributed by atoms with Crippen LogP contribution >= 0.6 is 0 Å². The van der Waals surface area contributed by atoms with Crippen LogP contribution in [0.5, 0.6) is 0 Å². The average molecular weight is 274 g/mol. The zero-order chi connectivity index (χ0) is 15.0. The van der Waals surface area contributed by atoms with Gasteiger partial charge in [-0.3, -0.25) is 4.79 Å². The molecule has 0 radical (unpaired) electrons. The van der Waals surface area contributed by atoms with Gasteiger partial charge in [0.2, 0.25) is 0 Å². The molecule has 1 saturated heterocycles. The second kappa shape index (κ2) is 5.21. The highest BCUT2D eigenvalue weighted by molar-refractivity contribution is 5.94. The number of hydrogen-bond donors (Lipinski definition) is 1. The fourth-order valence-corrected chi connectivity index (χ4v) is 2.61. The molecule has 0 atom stereocenters. The van der Waals surface area contributed by atoms with E-state index in [9.17, 15) is 4.79 Å². The molecule has 1 aromatic rings. The second-order valence-corrected chi connectivity index (χ2v) is 7.36. The fraction of sp³-hybridized carbons (Fsp3) is 0.588. The average Bonchev–Trinajstić information content (AvgIpc) is 2.36. The van der Waals surface area contributed by atoms with Crippen LogP contribution in [0.25, 0.3) is 0 Å². The molecule has 0 bridgehead atoms. The van der Waals surface area contributed by atoms with Crippen molar-refractivity contribution in [2.75, 3.05) is 19.6 Å². The second-order valence-electron chi connectivity index (χ2n) is 7.36. The lowest BCUT2D eigenvalue weighted by molar-refractivity contribution is 0.0652. The molecular weight excluding hydrogens is 248 g/mol. The maximum absolute atomic E-state index is 12.5. The molecule has 1 aromatic carbocycles. The molecule has 0 aliphatic carbocycles. The van der Waals surface area contributed by atoms with Crippen LogP contribution in [-0.2, 0) is 5.41 Å². The molecule has 0 aromatic heterocycles. The zero-order valence-electron chi connectivity index (χ0n) is 13.3. The summed E-state index contributed by atoms with van der Waals surface area (Å²) in [5.74, 6) is 0.139. The van der Waals surface area contributed by atoms with Gasteiger partial charge in [0.1, 0.15) is 0 Å². The molecule has 0 unspecified atom stereocenters. The molecule has 1 amide bonds. The van der Waals surface area contributed by atoms with Crippen molar-refractivity contribution in [2.45, 2.75) is 45.6 Å². The molecule has 110 valence electrons. The lowest BCUT2D eigenvalue weighted by atomic mass is 9.86. The lowest BCUT2D eigenvalue weighted by Gasteiger charge is -2.39. The minimum absolute atomic E-state index is 0.000734. The quantitative estimate of drug-likeness (QED) is 0.854. The fourth-order valence-electron chi connectivity index (χ4n) is 2.61. The molecule has 1 aliphatic heterocycles. The van der Waals surface area contributed by atoms with Gasteiger partial charge in [0.15, 0.2) is 0 Å². The number of carbonyl (C=O) groups is 1. The minimum atomic E-state index is -0.000734. The summed E-state index contributed by atoms with van der Waals surface area (Å²) in [7, 11) is 0. The minimum Gasteiger partial charge on any atom is -0.336 e. The van der Waals surface area contributed by atoms with Gasteiger partial charge in [-0.15, -0.1) is 0 Å². The van der Waals surface area contributed by atoms with Gasteiger partial charge in [0.05, 0.1) is 0 Å². The van der Waals surface area contributed by atoms with E-state index < -0.39 is 0 Å². The Morgan fingerprint density at radius 2 is 1.80 bits per heavy atom. The van der Waals surface area contributed by atoms with Crippen LogP contribution in [0.1, 0.15) is 50.5 Å². The lowest BCUT2D eigenvalue weighted by Crippen LogP contribution is -2.58. The van der Waals surface area contributed by atoms with Gasteiger partial charge in [0.25, 0.3) is 5.91 Å². The van der Waals surface area contributed by atoms with Crippen LogP contribution in [0.3, 0.4) is 0 Å². The summed E-state index contributed by atoms with van der Waals surface area (Å²) in [6.45, 7) is 13.2. The van der Waals surface area contributed by atoms with Crippen molar-refractivity contribution in [3.05, 3.63) is 35.4 Å². The summed E-state index contributed by atoms with van der Waals surface area (Å²) in [4.78, 5) is 14.5. The maximum atomic E-state index is 12.5. The van der Waals surface area contributed by atoms with E-state index in [-0.39, 0.29) is 16.9 Å². The van der Waals surface area contributed by atoms with Crippen LogP contribution in [0.2, 0.25) is 0 Å². The molecule has 3 nitrogen and oxygen atoms in total. The first-order chi connectivity index (χ1) is 9.19. The van der Waals surface area contributed by atoms with E-state index in [0.29, 0.717) is 0 Å². The molecule has 0 spiro atoms. The van der Waals surface area contributed by atoms with E-state index in [4.69, 9.17) is 0 Å². The molecule has 1 heterocycles. The first-order valence-electron chi connectivity index (χ1n) is 7.34. The van der Waals surface area contributed by atoms with E-state index in [1.807, 2.05) is 17.0 Å². The van der Waals surface area contributed by atoms with Crippen molar-refractivity contribution in [3.8, 4) is 0 Å². The normalized spacial score (nSPS) is 18.9. The molecule has 1 N–H and O–H groups in total. The number of hydrogen-bond acceptors (Lipinski definition) is 2. The number of piperazine rings is 1. The zero-order valence-corrected chi connectivity index (χ0v) is 13.3. The Bertz CT molecular complexity index is 483. The summed E-state index contributed by atoms with van der Waals surface area (Å²) in [5, 5.41) is 3.43. The third-order valence-corrected chi connectivity index (χ3v) is 3.86. The van der Waals surface area contributed by atoms with E-state index >= 15 is 0 Å². The Balaban J connectivity index is 2.13. The van der Waals surface area contributed by atoms with Crippen LogP contribution in [0.4, 0.5) is 0 Å². The maximum Gasteiger partial charge on any atom is 0.253 e. The Hall–Kier alpha value is -1.35. The van der Waals surface area contributed by atoms with Crippen LogP contribution in [0.15, 0.2) is 24.3 Å². The number of rotatable bonds is 1. The van der Waals surface area contributed by atoms with Crippen molar-refractivity contribution in [2.24, 2.45) is 0 Å². The molecule has 2 rings (SSSR count). The van der Waals surface area contributed by atoms with Crippen LogP contribution in [0, 0.1) is 0 Å². The van der Waals surface area contributed by atoms with Gasteiger partial charge in [-0.1, -0.05) is 32.9 Å². The van der Waals surface area contributed by atoms with Crippen molar-refractivity contribution in [1.29, 1.82) is 0 Å². The monoisotopic (exact) mass is 274 g/mol. The first-order valence-corrected chi connectivity index (χ1v) is 7.34. The predicted molar refractivity (Wildman–Crippen MR) is 83.1 cm³/mol. The van der Waals surface area contributed by atoms with Gasteiger partial charge in [-0.05, 0) is 37.0 Å². The van der Waals surface area contributed by atoms with Crippen LogP contribution < -0.4 is 5.32 Å². The Kier molecular flexibility index (Phi) is 3.92.